The first kappa shape index (κ1) is 16.6. The zero-order chi connectivity index (χ0) is 16.6. The molecule has 2 aromatic rings. The molecular weight excluding hydrogens is 316 g/mol. The Morgan fingerprint density at radius 2 is 1.67 bits per heavy atom. The molecule has 1 aliphatic rings. The van der Waals surface area contributed by atoms with E-state index in [1.54, 1.807) is 6.20 Å². The highest BCUT2D eigenvalue weighted by atomic mass is 32.1. The van der Waals surface area contributed by atoms with E-state index < -0.39 is 0 Å². The molecule has 4 nitrogen and oxygen atoms in total. The lowest BCUT2D eigenvalue weighted by Crippen LogP contribution is -2.38. The normalized spacial score (nSPS) is 15.7. The molecule has 0 atom stereocenters. The molecule has 1 N–H and O–H groups in total. The molecule has 0 radical (unpaired) electrons. The van der Waals surface area contributed by atoms with Crippen molar-refractivity contribution in [1.29, 1.82) is 0 Å². The van der Waals surface area contributed by atoms with E-state index in [1.807, 2.05) is 48.5 Å². The van der Waals surface area contributed by atoms with Crippen LogP contribution in [0.3, 0.4) is 0 Å². The Bertz CT molecular complexity index is 636. The molecular formula is C19H22N4S. The van der Waals surface area contributed by atoms with Crippen LogP contribution in [-0.2, 0) is 0 Å². The third-order valence-electron chi connectivity index (χ3n) is 4.11. The fourth-order valence-electron chi connectivity index (χ4n) is 2.82. The minimum atomic E-state index is 0.696. The molecule has 0 spiro atoms. The SMILES string of the molecule is S=C(N/N=C(/c1ccccc1)c1ccccn1)N1CCCCCC1. The number of hydrogen-bond acceptors (Lipinski definition) is 3. The van der Waals surface area contributed by atoms with Gasteiger partial charge in [0.1, 0.15) is 5.71 Å². The first-order valence-corrected chi connectivity index (χ1v) is 8.85. The molecule has 0 unspecified atom stereocenters. The van der Waals surface area contributed by atoms with E-state index in [2.05, 4.69) is 20.4 Å². The molecule has 0 aliphatic carbocycles. The Labute approximate surface area is 148 Å². The zero-order valence-electron chi connectivity index (χ0n) is 13.7. The Hall–Kier alpha value is -2.27. The van der Waals surface area contributed by atoms with Crippen LogP contribution in [0.15, 0.2) is 59.8 Å². The standard InChI is InChI=1S/C19H22N4S/c24-19(23-14-8-1-2-9-15-23)22-21-18(16-10-4-3-5-11-16)17-12-6-7-13-20-17/h3-7,10-13H,1-2,8-9,14-15H2,(H,22,24)/b21-18-. The van der Waals surface area contributed by atoms with Gasteiger partial charge >= 0.3 is 0 Å². The number of rotatable bonds is 3. The molecule has 0 bridgehead atoms. The molecule has 2 heterocycles. The monoisotopic (exact) mass is 338 g/mol. The highest BCUT2D eigenvalue weighted by molar-refractivity contribution is 7.80. The van der Waals surface area contributed by atoms with Crippen molar-refractivity contribution in [3.63, 3.8) is 0 Å². The van der Waals surface area contributed by atoms with Gasteiger partial charge in [0.2, 0.25) is 0 Å². The molecule has 1 fully saturated rings. The van der Waals surface area contributed by atoms with Crippen LogP contribution in [0.4, 0.5) is 0 Å². The van der Waals surface area contributed by atoms with Gasteiger partial charge in [0.25, 0.3) is 0 Å². The molecule has 1 aromatic heterocycles. The van der Waals surface area contributed by atoms with Gasteiger partial charge in [-0.15, -0.1) is 0 Å². The largest absolute Gasteiger partial charge is 0.348 e. The summed E-state index contributed by atoms with van der Waals surface area (Å²) in [5.41, 5.74) is 5.73. The smallest absolute Gasteiger partial charge is 0.189 e. The van der Waals surface area contributed by atoms with Crippen LogP contribution in [0.2, 0.25) is 0 Å². The summed E-state index contributed by atoms with van der Waals surface area (Å²) in [4.78, 5) is 6.65. The maximum atomic E-state index is 5.54. The number of hydrazone groups is 1. The molecule has 24 heavy (non-hydrogen) atoms. The van der Waals surface area contributed by atoms with Crippen molar-refractivity contribution in [2.45, 2.75) is 25.7 Å². The summed E-state index contributed by atoms with van der Waals surface area (Å²) in [6, 6.07) is 15.9. The Morgan fingerprint density at radius 1 is 0.958 bits per heavy atom. The quantitative estimate of drug-likeness (QED) is 0.527. The second-order valence-electron chi connectivity index (χ2n) is 5.86. The third-order valence-corrected chi connectivity index (χ3v) is 4.46. The third kappa shape index (κ3) is 4.38. The lowest BCUT2D eigenvalue weighted by atomic mass is 10.1. The van der Waals surface area contributed by atoms with Gasteiger partial charge in [-0.05, 0) is 37.2 Å². The maximum Gasteiger partial charge on any atom is 0.189 e. The van der Waals surface area contributed by atoms with Gasteiger partial charge < -0.3 is 4.90 Å². The van der Waals surface area contributed by atoms with Crippen LogP contribution < -0.4 is 5.43 Å². The topological polar surface area (TPSA) is 40.5 Å². The highest BCUT2D eigenvalue weighted by Gasteiger charge is 2.13. The highest BCUT2D eigenvalue weighted by Crippen LogP contribution is 2.11. The van der Waals surface area contributed by atoms with Gasteiger partial charge in [0.05, 0.1) is 5.69 Å². The van der Waals surface area contributed by atoms with Crippen LogP contribution in [0.5, 0.6) is 0 Å². The average molecular weight is 338 g/mol. The van der Waals surface area contributed by atoms with Crippen molar-refractivity contribution in [3.8, 4) is 0 Å². The number of benzene rings is 1. The lowest BCUT2D eigenvalue weighted by molar-refractivity contribution is 0.428. The van der Waals surface area contributed by atoms with E-state index in [4.69, 9.17) is 12.2 Å². The molecule has 124 valence electrons. The molecule has 0 saturated carbocycles. The summed E-state index contributed by atoms with van der Waals surface area (Å²) >= 11 is 5.54. The predicted octanol–water partition coefficient (Wildman–Crippen LogP) is 3.58. The number of nitrogens with zero attached hydrogens (tertiary/aromatic N) is 3. The molecule has 3 rings (SSSR count). The summed E-state index contributed by atoms with van der Waals surface area (Å²) < 4.78 is 0. The fraction of sp³-hybridized carbons (Fsp3) is 0.316. The van der Waals surface area contributed by atoms with Crippen LogP contribution in [0.1, 0.15) is 36.9 Å². The lowest BCUT2D eigenvalue weighted by Gasteiger charge is -2.22. The van der Waals surface area contributed by atoms with Crippen molar-refractivity contribution in [3.05, 3.63) is 66.0 Å². The minimum Gasteiger partial charge on any atom is -0.348 e. The average Bonchev–Trinajstić information content (AvgIpc) is 2.93. The summed E-state index contributed by atoms with van der Waals surface area (Å²) in [6.07, 6.45) is 6.73. The zero-order valence-corrected chi connectivity index (χ0v) is 14.5. The van der Waals surface area contributed by atoms with Gasteiger partial charge in [0, 0.05) is 24.8 Å². The second-order valence-corrected chi connectivity index (χ2v) is 6.25. The first-order valence-electron chi connectivity index (χ1n) is 8.44. The van der Waals surface area contributed by atoms with Crippen molar-refractivity contribution in [1.82, 2.24) is 15.3 Å². The molecule has 1 saturated heterocycles. The first-order chi connectivity index (χ1) is 11.8. The van der Waals surface area contributed by atoms with Gasteiger partial charge in [0.15, 0.2) is 5.11 Å². The summed E-state index contributed by atoms with van der Waals surface area (Å²) in [6.45, 7) is 2.01. The second kappa shape index (κ2) is 8.55. The Balaban J connectivity index is 1.80. The number of hydrogen-bond donors (Lipinski definition) is 1. The van der Waals surface area contributed by atoms with E-state index in [1.165, 1.54) is 25.7 Å². The molecule has 1 aromatic carbocycles. The van der Waals surface area contributed by atoms with E-state index in [9.17, 15) is 0 Å². The number of thiocarbonyl (C=S) groups is 1. The van der Waals surface area contributed by atoms with Crippen molar-refractivity contribution in [2.75, 3.05) is 13.1 Å². The fourth-order valence-corrected chi connectivity index (χ4v) is 3.04. The van der Waals surface area contributed by atoms with Crippen LogP contribution in [0.25, 0.3) is 0 Å². The van der Waals surface area contributed by atoms with Gasteiger partial charge in [-0.25, -0.2) is 0 Å². The van der Waals surface area contributed by atoms with Gasteiger partial charge in [-0.1, -0.05) is 49.2 Å². The van der Waals surface area contributed by atoms with Crippen molar-refractivity contribution < 1.29 is 0 Å². The summed E-state index contributed by atoms with van der Waals surface area (Å²) in [5.74, 6) is 0. The van der Waals surface area contributed by atoms with Crippen molar-refractivity contribution >= 4 is 23.0 Å². The van der Waals surface area contributed by atoms with Crippen LogP contribution in [-0.4, -0.2) is 33.8 Å². The number of pyridine rings is 1. The molecule has 1 aliphatic heterocycles. The maximum absolute atomic E-state index is 5.54. The minimum absolute atomic E-state index is 0.696. The van der Waals surface area contributed by atoms with E-state index >= 15 is 0 Å². The molecule has 5 heteroatoms. The summed E-state index contributed by atoms with van der Waals surface area (Å²) in [7, 11) is 0. The van der Waals surface area contributed by atoms with Crippen LogP contribution >= 0.6 is 12.2 Å². The van der Waals surface area contributed by atoms with Gasteiger partial charge in [-0.2, -0.15) is 5.10 Å². The number of aromatic nitrogens is 1. The van der Waals surface area contributed by atoms with E-state index in [0.29, 0.717) is 5.11 Å². The van der Waals surface area contributed by atoms with Gasteiger partial charge in [-0.3, -0.25) is 10.4 Å². The number of likely N-dealkylation sites (tertiary alicyclic amines) is 1. The number of nitrogens with one attached hydrogen (secondary N) is 1. The Kier molecular flexibility index (Phi) is 5.90. The Morgan fingerprint density at radius 3 is 2.33 bits per heavy atom. The van der Waals surface area contributed by atoms with Crippen LogP contribution in [0, 0.1) is 0 Å². The van der Waals surface area contributed by atoms with Crippen molar-refractivity contribution in [2.24, 2.45) is 5.10 Å². The summed E-state index contributed by atoms with van der Waals surface area (Å²) in [5, 5.41) is 5.29. The molecule has 0 amide bonds. The van der Waals surface area contributed by atoms with E-state index in [-0.39, 0.29) is 0 Å². The van der Waals surface area contributed by atoms with E-state index in [0.717, 1.165) is 30.1 Å². The predicted molar refractivity (Wildman–Crippen MR) is 102 cm³/mol.